The van der Waals surface area contributed by atoms with Gasteiger partial charge in [-0.3, -0.25) is 0 Å². The van der Waals surface area contributed by atoms with E-state index in [1.165, 1.54) is 14.0 Å². The van der Waals surface area contributed by atoms with E-state index in [0.29, 0.717) is 0 Å². The first-order chi connectivity index (χ1) is 8.39. The first-order valence-electron chi connectivity index (χ1n) is 5.48. The SMILES string of the molecule is CO[C@H]1O[C@@H]2CO[C@@](C)(C(=O)O)O[C@@H]2[C@H](O)[C@H]1O. The third-order valence-electron chi connectivity index (χ3n) is 3.15. The van der Waals surface area contributed by atoms with Gasteiger partial charge in [-0.15, -0.1) is 0 Å². The summed E-state index contributed by atoms with van der Waals surface area (Å²) >= 11 is 0. The molecule has 2 aliphatic rings. The zero-order valence-electron chi connectivity index (χ0n) is 9.98. The summed E-state index contributed by atoms with van der Waals surface area (Å²) in [6.07, 6.45) is -5.30. The van der Waals surface area contributed by atoms with Crippen LogP contribution in [0.5, 0.6) is 0 Å². The quantitative estimate of drug-likeness (QED) is 0.540. The van der Waals surface area contributed by atoms with Gasteiger partial charge < -0.3 is 34.3 Å². The highest BCUT2D eigenvalue weighted by atomic mass is 16.8. The third kappa shape index (κ3) is 2.11. The van der Waals surface area contributed by atoms with Crippen LogP contribution in [0.25, 0.3) is 0 Å². The van der Waals surface area contributed by atoms with Crippen molar-refractivity contribution in [3.8, 4) is 0 Å². The minimum absolute atomic E-state index is 0.0723. The number of rotatable bonds is 2. The number of aliphatic carboxylic acids is 1. The summed E-state index contributed by atoms with van der Waals surface area (Å²) in [6, 6.07) is 0. The highest BCUT2D eigenvalue weighted by Gasteiger charge is 2.54. The number of carbonyl (C=O) groups is 1. The number of fused-ring (bicyclic) bond motifs is 1. The second-order valence-corrected chi connectivity index (χ2v) is 4.40. The van der Waals surface area contributed by atoms with Crippen molar-refractivity contribution in [1.82, 2.24) is 0 Å². The van der Waals surface area contributed by atoms with Gasteiger partial charge in [0, 0.05) is 14.0 Å². The van der Waals surface area contributed by atoms with Crippen LogP contribution < -0.4 is 0 Å². The number of methoxy groups -OCH3 is 1. The van der Waals surface area contributed by atoms with Crippen molar-refractivity contribution in [2.24, 2.45) is 0 Å². The molecule has 0 aromatic heterocycles. The largest absolute Gasteiger partial charge is 0.477 e. The van der Waals surface area contributed by atoms with E-state index in [4.69, 9.17) is 24.1 Å². The summed E-state index contributed by atoms with van der Waals surface area (Å²) in [5.74, 6) is -3.16. The molecule has 2 fully saturated rings. The van der Waals surface area contributed by atoms with E-state index in [-0.39, 0.29) is 6.61 Å². The first kappa shape index (κ1) is 13.7. The fourth-order valence-corrected chi connectivity index (χ4v) is 2.03. The van der Waals surface area contributed by atoms with Gasteiger partial charge in [-0.25, -0.2) is 4.79 Å². The fraction of sp³-hybridized carbons (Fsp3) is 0.900. The van der Waals surface area contributed by atoms with Crippen molar-refractivity contribution >= 4 is 5.97 Å². The molecule has 0 aliphatic carbocycles. The van der Waals surface area contributed by atoms with Crippen molar-refractivity contribution in [3.63, 3.8) is 0 Å². The van der Waals surface area contributed by atoms with E-state index >= 15 is 0 Å². The minimum Gasteiger partial charge on any atom is -0.477 e. The van der Waals surface area contributed by atoms with Crippen LogP contribution in [0.3, 0.4) is 0 Å². The summed E-state index contributed by atoms with van der Waals surface area (Å²) in [7, 11) is 1.33. The molecule has 2 saturated heterocycles. The topological polar surface area (TPSA) is 115 Å². The number of aliphatic hydroxyl groups excluding tert-OH is 2. The molecule has 6 atom stereocenters. The zero-order valence-corrected chi connectivity index (χ0v) is 9.98. The molecule has 0 aromatic carbocycles. The number of ether oxygens (including phenoxy) is 4. The van der Waals surface area contributed by atoms with Crippen LogP contribution in [-0.2, 0) is 23.7 Å². The lowest BCUT2D eigenvalue weighted by Crippen LogP contribution is -2.66. The van der Waals surface area contributed by atoms with Crippen LogP contribution in [0.1, 0.15) is 6.92 Å². The number of aliphatic hydroxyl groups is 2. The van der Waals surface area contributed by atoms with Crippen molar-refractivity contribution in [1.29, 1.82) is 0 Å². The smallest absolute Gasteiger partial charge is 0.364 e. The minimum atomic E-state index is -1.86. The van der Waals surface area contributed by atoms with Crippen LogP contribution in [0.2, 0.25) is 0 Å². The van der Waals surface area contributed by atoms with E-state index in [1.807, 2.05) is 0 Å². The van der Waals surface area contributed by atoms with Crippen LogP contribution in [0, 0.1) is 0 Å². The molecule has 3 N–H and O–H groups in total. The Morgan fingerprint density at radius 1 is 1.39 bits per heavy atom. The Labute approximate surface area is 103 Å². The lowest BCUT2D eigenvalue weighted by atomic mass is 9.97. The van der Waals surface area contributed by atoms with Gasteiger partial charge in [-0.05, 0) is 0 Å². The zero-order chi connectivity index (χ0) is 13.5. The average Bonchev–Trinajstić information content (AvgIpc) is 2.34. The van der Waals surface area contributed by atoms with Crippen LogP contribution in [0.4, 0.5) is 0 Å². The van der Waals surface area contributed by atoms with E-state index in [1.54, 1.807) is 0 Å². The number of carboxylic acids is 1. The molecule has 2 aliphatic heterocycles. The van der Waals surface area contributed by atoms with E-state index in [2.05, 4.69) is 0 Å². The number of hydrogen-bond acceptors (Lipinski definition) is 7. The Morgan fingerprint density at radius 2 is 2.06 bits per heavy atom. The summed E-state index contributed by atoms with van der Waals surface area (Å²) in [5.41, 5.74) is 0. The van der Waals surface area contributed by atoms with Gasteiger partial charge in [-0.1, -0.05) is 0 Å². The highest BCUT2D eigenvalue weighted by Crippen LogP contribution is 2.32. The van der Waals surface area contributed by atoms with Gasteiger partial charge in [0.2, 0.25) is 0 Å². The average molecular weight is 264 g/mol. The van der Waals surface area contributed by atoms with Crippen LogP contribution >= 0.6 is 0 Å². The molecular weight excluding hydrogens is 248 g/mol. The molecule has 8 nitrogen and oxygen atoms in total. The maximum absolute atomic E-state index is 11.0. The normalized spacial score (nSPS) is 48.6. The molecule has 8 heteroatoms. The predicted octanol–water partition coefficient (Wildman–Crippen LogP) is -1.70. The predicted molar refractivity (Wildman–Crippen MR) is 54.5 cm³/mol. The van der Waals surface area contributed by atoms with Crippen molar-refractivity contribution < 1.29 is 39.1 Å². The Hall–Kier alpha value is -0.770. The number of hydrogen-bond donors (Lipinski definition) is 3. The molecule has 0 amide bonds. The molecule has 0 spiro atoms. The van der Waals surface area contributed by atoms with E-state index in [0.717, 1.165) is 0 Å². The Morgan fingerprint density at radius 3 is 2.61 bits per heavy atom. The molecule has 0 unspecified atom stereocenters. The molecule has 0 saturated carbocycles. The van der Waals surface area contributed by atoms with Crippen molar-refractivity contribution in [3.05, 3.63) is 0 Å². The van der Waals surface area contributed by atoms with Gasteiger partial charge in [0.05, 0.1) is 6.61 Å². The standard InChI is InChI=1S/C10H16O8/c1-10(9(13)14)16-3-4-7(18-10)5(11)6(12)8(15-2)17-4/h4-8,11-12H,3H2,1-2H3,(H,13,14)/t4-,5-,6-,7+,8+,10-/m1/s1. The Bertz CT molecular complexity index is 332. The van der Waals surface area contributed by atoms with Crippen molar-refractivity contribution in [2.45, 2.75) is 43.4 Å². The van der Waals surface area contributed by atoms with Crippen LogP contribution in [-0.4, -0.2) is 71.5 Å². The van der Waals surface area contributed by atoms with Gasteiger partial charge >= 0.3 is 5.97 Å². The van der Waals surface area contributed by atoms with Gasteiger partial charge in [-0.2, -0.15) is 0 Å². The highest BCUT2D eigenvalue weighted by molar-refractivity contribution is 5.75. The van der Waals surface area contributed by atoms with Crippen LogP contribution in [0.15, 0.2) is 0 Å². The van der Waals surface area contributed by atoms with Gasteiger partial charge in [0.25, 0.3) is 5.79 Å². The lowest BCUT2D eigenvalue weighted by molar-refractivity contribution is -0.376. The molecule has 18 heavy (non-hydrogen) atoms. The fourth-order valence-electron chi connectivity index (χ4n) is 2.03. The molecule has 0 radical (unpaired) electrons. The Kier molecular flexibility index (Phi) is 3.58. The maximum atomic E-state index is 11.0. The summed E-state index contributed by atoms with van der Waals surface area (Å²) in [6.45, 7) is 1.16. The Balaban J connectivity index is 2.15. The molecule has 0 bridgehead atoms. The second kappa shape index (κ2) is 4.72. The van der Waals surface area contributed by atoms with E-state index < -0.39 is 42.5 Å². The lowest BCUT2D eigenvalue weighted by Gasteiger charge is -2.47. The molecule has 104 valence electrons. The number of carboxylic acid groups (broad SMARTS) is 1. The summed E-state index contributed by atoms with van der Waals surface area (Å²) in [5, 5.41) is 28.6. The molecule has 0 aromatic rings. The summed E-state index contributed by atoms with van der Waals surface area (Å²) in [4.78, 5) is 11.0. The monoisotopic (exact) mass is 264 g/mol. The maximum Gasteiger partial charge on any atom is 0.364 e. The second-order valence-electron chi connectivity index (χ2n) is 4.40. The van der Waals surface area contributed by atoms with E-state index in [9.17, 15) is 15.0 Å². The molecule has 2 rings (SSSR count). The molecular formula is C10H16O8. The van der Waals surface area contributed by atoms with Gasteiger partial charge in [0.15, 0.2) is 6.29 Å². The molecule has 2 heterocycles. The van der Waals surface area contributed by atoms with Gasteiger partial charge in [0.1, 0.15) is 24.4 Å². The third-order valence-corrected chi connectivity index (χ3v) is 3.15. The van der Waals surface area contributed by atoms with Crippen molar-refractivity contribution in [2.75, 3.05) is 13.7 Å². The first-order valence-corrected chi connectivity index (χ1v) is 5.48. The summed E-state index contributed by atoms with van der Waals surface area (Å²) < 4.78 is 20.5.